The number of hydrogen-bond acceptors (Lipinski definition) is 3. The second-order valence-electron chi connectivity index (χ2n) is 14.5. The maximum atomic E-state index is 6.78. The van der Waals surface area contributed by atoms with E-state index in [2.05, 4.69) is 217 Å². The second kappa shape index (κ2) is 13.8. The Labute approximate surface area is 335 Å². The van der Waals surface area contributed by atoms with Crippen LogP contribution in [0.1, 0.15) is 0 Å². The molecule has 0 aliphatic heterocycles. The summed E-state index contributed by atoms with van der Waals surface area (Å²) >= 11 is 1.85. The Kier molecular flexibility index (Phi) is 8.04. The molecule has 0 saturated carbocycles. The monoisotopic (exact) mass is 745 g/mol. The van der Waals surface area contributed by atoms with Crippen molar-refractivity contribution in [1.82, 2.24) is 0 Å². The van der Waals surface area contributed by atoms with Crippen molar-refractivity contribution in [2.75, 3.05) is 4.90 Å². The number of hydrogen-bond donors (Lipinski definition) is 0. The predicted molar refractivity (Wildman–Crippen MR) is 243 cm³/mol. The van der Waals surface area contributed by atoms with Crippen LogP contribution in [0.25, 0.3) is 86.6 Å². The zero-order valence-corrected chi connectivity index (χ0v) is 31.8. The lowest BCUT2D eigenvalue weighted by molar-refractivity contribution is 0.670. The maximum Gasteiger partial charge on any atom is 0.145 e. The summed E-state index contributed by atoms with van der Waals surface area (Å²) in [4.78, 5) is 2.42. The number of benzene rings is 9. The molecule has 0 amide bonds. The highest BCUT2D eigenvalue weighted by Gasteiger charge is 2.23. The summed E-state index contributed by atoms with van der Waals surface area (Å²) in [7, 11) is 0. The quantitative estimate of drug-likeness (QED) is 0.162. The summed E-state index contributed by atoms with van der Waals surface area (Å²) in [5, 5.41) is 4.70. The third-order valence-electron chi connectivity index (χ3n) is 11.1. The van der Waals surface area contributed by atoms with Gasteiger partial charge in [-0.1, -0.05) is 158 Å². The van der Waals surface area contributed by atoms with E-state index in [1.807, 2.05) is 11.3 Å². The Bertz CT molecular complexity index is 3220. The molecule has 11 rings (SSSR count). The number of anilines is 3. The van der Waals surface area contributed by atoms with Gasteiger partial charge in [0.05, 0.1) is 11.1 Å². The molecule has 2 aromatic heterocycles. The van der Waals surface area contributed by atoms with Crippen LogP contribution in [0.2, 0.25) is 0 Å². The number of thiophene rings is 1. The van der Waals surface area contributed by atoms with Crippen molar-refractivity contribution < 1.29 is 4.42 Å². The zero-order chi connectivity index (χ0) is 37.7. The lowest BCUT2D eigenvalue weighted by atomic mass is 9.98. The molecular weight excluding hydrogens is 711 g/mol. The maximum absolute atomic E-state index is 6.78. The first-order chi connectivity index (χ1) is 28.2. The van der Waals surface area contributed by atoms with E-state index in [-0.39, 0.29) is 0 Å². The van der Waals surface area contributed by atoms with Crippen molar-refractivity contribution >= 4 is 70.5 Å². The molecular formula is C54H35NOS. The lowest BCUT2D eigenvalue weighted by Gasteiger charge is -2.27. The van der Waals surface area contributed by atoms with Gasteiger partial charge in [-0.05, 0) is 93.5 Å². The summed E-state index contributed by atoms with van der Waals surface area (Å²) in [5.74, 6) is 0. The largest absolute Gasteiger partial charge is 0.455 e. The molecule has 0 atom stereocenters. The molecule has 3 heteroatoms. The van der Waals surface area contributed by atoms with Crippen LogP contribution in [-0.4, -0.2) is 0 Å². The Morgan fingerprint density at radius 1 is 0.351 bits per heavy atom. The first kappa shape index (κ1) is 33.2. The molecule has 0 aliphatic carbocycles. The van der Waals surface area contributed by atoms with Gasteiger partial charge in [-0.25, -0.2) is 0 Å². The van der Waals surface area contributed by atoms with Crippen LogP contribution < -0.4 is 4.90 Å². The van der Waals surface area contributed by atoms with Crippen molar-refractivity contribution in [3.05, 3.63) is 212 Å². The number of furan rings is 1. The molecule has 268 valence electrons. The van der Waals surface area contributed by atoms with Crippen LogP contribution in [0.15, 0.2) is 217 Å². The predicted octanol–water partition coefficient (Wildman–Crippen LogP) is 16.1. The van der Waals surface area contributed by atoms with Gasteiger partial charge < -0.3 is 9.32 Å². The van der Waals surface area contributed by atoms with Gasteiger partial charge in [-0.15, -0.1) is 11.3 Å². The van der Waals surface area contributed by atoms with Crippen molar-refractivity contribution in [3.8, 4) is 44.5 Å². The zero-order valence-electron chi connectivity index (χ0n) is 31.0. The third-order valence-corrected chi connectivity index (χ3v) is 12.2. The van der Waals surface area contributed by atoms with Crippen LogP contribution in [0, 0.1) is 0 Å². The highest BCUT2D eigenvalue weighted by Crippen LogP contribution is 2.48. The third kappa shape index (κ3) is 5.88. The van der Waals surface area contributed by atoms with Crippen molar-refractivity contribution in [2.45, 2.75) is 0 Å². The molecule has 0 aliphatic rings. The average Bonchev–Trinajstić information content (AvgIpc) is 3.86. The van der Waals surface area contributed by atoms with Crippen LogP contribution >= 0.6 is 11.3 Å². The van der Waals surface area contributed by atoms with Gasteiger partial charge >= 0.3 is 0 Å². The Balaban J connectivity index is 1.12. The minimum atomic E-state index is 0.873. The Hall–Kier alpha value is -7.20. The first-order valence-electron chi connectivity index (χ1n) is 19.3. The van der Waals surface area contributed by atoms with Gasteiger partial charge in [0.25, 0.3) is 0 Å². The van der Waals surface area contributed by atoms with E-state index in [9.17, 15) is 0 Å². The second-order valence-corrected chi connectivity index (χ2v) is 15.6. The van der Waals surface area contributed by atoms with Gasteiger partial charge in [-0.2, -0.15) is 0 Å². The van der Waals surface area contributed by atoms with E-state index < -0.39 is 0 Å². The van der Waals surface area contributed by atoms with Gasteiger partial charge in [0, 0.05) is 42.5 Å². The Morgan fingerprint density at radius 3 is 1.68 bits per heavy atom. The van der Waals surface area contributed by atoms with E-state index in [1.165, 1.54) is 48.0 Å². The minimum absolute atomic E-state index is 0.873. The van der Waals surface area contributed by atoms with Crippen molar-refractivity contribution in [2.24, 2.45) is 0 Å². The van der Waals surface area contributed by atoms with Gasteiger partial charge in [0.2, 0.25) is 0 Å². The fraction of sp³-hybridized carbons (Fsp3) is 0. The molecule has 0 spiro atoms. The summed E-state index contributed by atoms with van der Waals surface area (Å²) < 4.78 is 9.33. The number of fused-ring (bicyclic) bond motifs is 6. The Morgan fingerprint density at radius 2 is 0.930 bits per heavy atom. The number of nitrogens with zero attached hydrogens (tertiary/aromatic N) is 1. The standard InChI is InChI=1S/C54H35NOS/c1-4-13-36(14-5-1)38-23-25-39(26-24-38)41-19-12-20-43(33-41)55(44-28-32-51-48(35-44)46-29-27-42(34-52(46)57-51)37-15-6-2-7-16-37)49-31-30-45(40-17-8-3-9-18-40)54-53(49)47-21-10-11-22-50(47)56-54/h1-35H. The molecule has 2 nitrogen and oxygen atoms in total. The average molecular weight is 746 g/mol. The number of para-hydroxylation sites is 1. The highest BCUT2D eigenvalue weighted by molar-refractivity contribution is 7.25. The molecule has 0 saturated heterocycles. The highest BCUT2D eigenvalue weighted by atomic mass is 32.1. The van der Waals surface area contributed by atoms with Crippen molar-refractivity contribution in [1.29, 1.82) is 0 Å². The first-order valence-corrected chi connectivity index (χ1v) is 20.1. The fourth-order valence-corrected chi connectivity index (χ4v) is 9.42. The lowest BCUT2D eigenvalue weighted by Crippen LogP contribution is -2.10. The molecule has 2 heterocycles. The van der Waals surface area contributed by atoms with E-state index in [0.717, 1.165) is 55.7 Å². The summed E-state index contributed by atoms with van der Waals surface area (Å²) in [5.41, 5.74) is 14.4. The molecule has 11 aromatic rings. The molecule has 9 aromatic carbocycles. The number of rotatable bonds is 7. The van der Waals surface area contributed by atoms with Gasteiger partial charge in [-0.3, -0.25) is 0 Å². The molecule has 57 heavy (non-hydrogen) atoms. The molecule has 0 fully saturated rings. The molecule has 0 N–H and O–H groups in total. The van der Waals surface area contributed by atoms with E-state index >= 15 is 0 Å². The van der Waals surface area contributed by atoms with Gasteiger partial charge in [0.15, 0.2) is 0 Å². The summed E-state index contributed by atoms with van der Waals surface area (Å²) in [6.45, 7) is 0. The van der Waals surface area contributed by atoms with E-state index in [0.29, 0.717) is 0 Å². The summed E-state index contributed by atoms with van der Waals surface area (Å²) in [6, 6.07) is 76.3. The van der Waals surface area contributed by atoms with Crippen LogP contribution in [0.5, 0.6) is 0 Å². The van der Waals surface area contributed by atoms with Crippen LogP contribution in [0.3, 0.4) is 0 Å². The molecule has 0 unspecified atom stereocenters. The topological polar surface area (TPSA) is 16.4 Å². The van der Waals surface area contributed by atoms with Crippen LogP contribution in [-0.2, 0) is 0 Å². The summed E-state index contributed by atoms with van der Waals surface area (Å²) in [6.07, 6.45) is 0. The SMILES string of the molecule is c1ccc(-c2ccc(-c3cccc(N(c4ccc5sc6cc(-c7ccccc7)ccc6c5c4)c4ccc(-c5ccccc5)c5oc6ccccc6c45)c3)cc2)cc1. The molecule has 0 bridgehead atoms. The van der Waals surface area contributed by atoms with Crippen LogP contribution in [0.4, 0.5) is 17.1 Å². The normalized spacial score (nSPS) is 11.5. The van der Waals surface area contributed by atoms with Gasteiger partial charge in [0.1, 0.15) is 11.2 Å². The van der Waals surface area contributed by atoms with E-state index in [4.69, 9.17) is 4.42 Å². The smallest absolute Gasteiger partial charge is 0.145 e. The van der Waals surface area contributed by atoms with E-state index in [1.54, 1.807) is 0 Å². The molecule has 0 radical (unpaired) electrons. The fourth-order valence-electron chi connectivity index (χ4n) is 8.29. The van der Waals surface area contributed by atoms with Crippen molar-refractivity contribution in [3.63, 3.8) is 0 Å². The minimum Gasteiger partial charge on any atom is -0.455 e.